The Labute approximate surface area is 123 Å². The average molecular weight is 286 g/mol. The van der Waals surface area contributed by atoms with Gasteiger partial charge in [0.2, 0.25) is 5.91 Å². The maximum Gasteiger partial charge on any atom is 0.319 e. The first-order valence-electron chi connectivity index (χ1n) is 7.29. The highest BCUT2D eigenvalue weighted by atomic mass is 16.4. The molecule has 0 saturated carbocycles. The number of allylic oxidation sites excluding steroid dienone is 2. The number of nitrogens with one attached hydrogen (secondary N) is 1. The molecule has 2 aliphatic rings. The number of nitrogens with zero attached hydrogens (tertiary/aromatic N) is 1. The summed E-state index contributed by atoms with van der Waals surface area (Å²) in [6, 6.07) is 0. The van der Waals surface area contributed by atoms with Gasteiger partial charge in [-0.3, -0.25) is 14.6 Å². The van der Waals surface area contributed by atoms with E-state index >= 15 is 0 Å². The summed E-state index contributed by atoms with van der Waals surface area (Å²) in [5.74, 6) is -1.51. The van der Waals surface area contributed by atoms with Crippen molar-refractivity contribution in [2.75, 3.05) is 5.32 Å². The molecule has 0 fully saturated rings. The van der Waals surface area contributed by atoms with Gasteiger partial charge in [0.25, 0.3) is 0 Å². The van der Waals surface area contributed by atoms with Gasteiger partial charge < -0.3 is 10.4 Å². The first-order valence-corrected chi connectivity index (χ1v) is 7.29. The van der Waals surface area contributed by atoms with Gasteiger partial charge in [-0.05, 0) is 49.7 Å². The first kappa shape index (κ1) is 13.8. The van der Waals surface area contributed by atoms with Crippen LogP contribution >= 0.6 is 0 Å². The highest BCUT2D eigenvalue weighted by molar-refractivity contribution is 6.09. The Bertz CT molecular complexity index is 614. The van der Waals surface area contributed by atoms with Crippen molar-refractivity contribution in [3.8, 4) is 0 Å². The SMILES string of the molecule is O=C(O)C1(C(=O)Nc2cncc3c2CCCC3)CC=CC1. The quantitative estimate of drug-likeness (QED) is 0.660. The third-order valence-electron chi connectivity index (χ3n) is 4.46. The number of carbonyl (C=O) groups is 2. The second-order valence-electron chi connectivity index (χ2n) is 5.75. The van der Waals surface area contributed by atoms with Crippen LogP contribution in [-0.2, 0) is 22.4 Å². The van der Waals surface area contributed by atoms with Gasteiger partial charge in [-0.2, -0.15) is 0 Å². The van der Waals surface area contributed by atoms with Gasteiger partial charge in [0, 0.05) is 6.20 Å². The molecule has 1 heterocycles. The highest BCUT2D eigenvalue weighted by Gasteiger charge is 2.46. The molecular weight excluding hydrogens is 268 g/mol. The van der Waals surface area contributed by atoms with E-state index in [4.69, 9.17) is 0 Å². The van der Waals surface area contributed by atoms with E-state index in [-0.39, 0.29) is 12.8 Å². The Kier molecular flexibility index (Phi) is 3.49. The van der Waals surface area contributed by atoms with Crippen molar-refractivity contribution in [2.45, 2.75) is 38.5 Å². The minimum atomic E-state index is -1.36. The zero-order valence-electron chi connectivity index (χ0n) is 11.8. The fourth-order valence-corrected chi connectivity index (χ4v) is 3.12. The van der Waals surface area contributed by atoms with Crippen molar-refractivity contribution in [1.82, 2.24) is 4.98 Å². The maximum atomic E-state index is 12.5. The molecule has 0 aromatic carbocycles. The van der Waals surface area contributed by atoms with Crippen LogP contribution in [0, 0.1) is 5.41 Å². The second kappa shape index (κ2) is 5.31. The van der Waals surface area contributed by atoms with Crippen LogP contribution in [0.2, 0.25) is 0 Å². The topological polar surface area (TPSA) is 79.3 Å². The highest BCUT2D eigenvalue weighted by Crippen LogP contribution is 2.36. The molecule has 0 spiro atoms. The monoisotopic (exact) mass is 286 g/mol. The molecule has 3 rings (SSSR count). The van der Waals surface area contributed by atoms with Crippen LogP contribution in [0.3, 0.4) is 0 Å². The molecule has 5 nitrogen and oxygen atoms in total. The van der Waals surface area contributed by atoms with Gasteiger partial charge in [0.05, 0.1) is 11.9 Å². The lowest BCUT2D eigenvalue weighted by atomic mass is 9.84. The van der Waals surface area contributed by atoms with Crippen LogP contribution in [0.15, 0.2) is 24.5 Å². The molecule has 0 saturated heterocycles. The zero-order valence-corrected chi connectivity index (χ0v) is 11.8. The number of anilines is 1. The minimum Gasteiger partial charge on any atom is -0.480 e. The number of hydrogen-bond donors (Lipinski definition) is 2. The van der Waals surface area contributed by atoms with Gasteiger partial charge in [-0.25, -0.2) is 0 Å². The zero-order chi connectivity index (χ0) is 14.9. The molecule has 0 radical (unpaired) electrons. The predicted octanol–water partition coefficient (Wildman–Crippen LogP) is 2.32. The van der Waals surface area contributed by atoms with E-state index in [1.807, 2.05) is 6.20 Å². The summed E-state index contributed by atoms with van der Waals surface area (Å²) in [4.78, 5) is 28.2. The molecular formula is C16H18N2O3. The summed E-state index contributed by atoms with van der Waals surface area (Å²) >= 11 is 0. The lowest BCUT2D eigenvalue weighted by molar-refractivity contribution is -0.153. The van der Waals surface area contributed by atoms with Crippen molar-refractivity contribution in [3.05, 3.63) is 35.7 Å². The van der Waals surface area contributed by atoms with Gasteiger partial charge in [0.15, 0.2) is 5.41 Å². The summed E-state index contributed by atoms with van der Waals surface area (Å²) in [6.07, 6.45) is 11.6. The molecule has 0 aliphatic heterocycles. The minimum absolute atomic E-state index is 0.247. The second-order valence-corrected chi connectivity index (χ2v) is 5.75. The maximum absolute atomic E-state index is 12.5. The lowest BCUT2D eigenvalue weighted by Crippen LogP contribution is -2.41. The van der Waals surface area contributed by atoms with Crippen LogP contribution in [-0.4, -0.2) is 22.0 Å². The number of aryl methyl sites for hydroxylation is 1. The summed E-state index contributed by atoms with van der Waals surface area (Å²) in [5.41, 5.74) is 1.57. The van der Waals surface area contributed by atoms with Crippen LogP contribution in [0.4, 0.5) is 5.69 Å². The van der Waals surface area contributed by atoms with E-state index in [0.29, 0.717) is 5.69 Å². The Morgan fingerprint density at radius 3 is 2.57 bits per heavy atom. The van der Waals surface area contributed by atoms with Gasteiger partial charge in [-0.1, -0.05) is 12.2 Å². The Morgan fingerprint density at radius 1 is 1.14 bits per heavy atom. The molecule has 1 aromatic rings. The predicted molar refractivity (Wildman–Crippen MR) is 78.0 cm³/mol. The van der Waals surface area contributed by atoms with Crippen molar-refractivity contribution in [1.29, 1.82) is 0 Å². The normalized spacial score (nSPS) is 19.0. The fraction of sp³-hybridized carbons (Fsp3) is 0.438. The standard InChI is InChI=1S/C16H18N2O3/c19-14(16(15(20)21)7-3-4-8-16)18-13-10-17-9-11-5-1-2-6-12(11)13/h3-4,9-10H,1-2,5-8H2,(H,18,19)(H,20,21). The van der Waals surface area contributed by atoms with Crippen molar-refractivity contribution >= 4 is 17.6 Å². The van der Waals surface area contributed by atoms with Crippen LogP contribution in [0.1, 0.15) is 36.8 Å². The number of pyridine rings is 1. The number of hydrogen-bond acceptors (Lipinski definition) is 3. The van der Waals surface area contributed by atoms with Crippen LogP contribution < -0.4 is 5.32 Å². The van der Waals surface area contributed by atoms with Gasteiger partial charge in [-0.15, -0.1) is 0 Å². The Balaban J connectivity index is 1.87. The number of aliphatic carboxylic acids is 1. The van der Waals surface area contributed by atoms with E-state index in [1.165, 1.54) is 0 Å². The molecule has 110 valence electrons. The number of carbonyl (C=O) groups excluding carboxylic acids is 1. The number of rotatable bonds is 3. The number of fused-ring (bicyclic) bond motifs is 1. The molecule has 2 N–H and O–H groups in total. The van der Waals surface area contributed by atoms with Crippen LogP contribution in [0.5, 0.6) is 0 Å². The molecule has 0 bridgehead atoms. The number of carboxylic acids is 1. The van der Waals surface area contributed by atoms with Crippen LogP contribution in [0.25, 0.3) is 0 Å². The van der Waals surface area contributed by atoms with Crippen molar-refractivity contribution < 1.29 is 14.7 Å². The fourth-order valence-electron chi connectivity index (χ4n) is 3.12. The molecule has 21 heavy (non-hydrogen) atoms. The summed E-state index contributed by atoms with van der Waals surface area (Å²) in [5, 5.41) is 12.2. The van der Waals surface area contributed by atoms with Crippen molar-refractivity contribution in [3.63, 3.8) is 0 Å². The third-order valence-corrected chi connectivity index (χ3v) is 4.46. The van der Waals surface area contributed by atoms with E-state index in [1.54, 1.807) is 18.3 Å². The largest absolute Gasteiger partial charge is 0.480 e. The molecule has 2 aliphatic carbocycles. The summed E-state index contributed by atoms with van der Waals surface area (Å²) in [6.45, 7) is 0. The smallest absolute Gasteiger partial charge is 0.319 e. The van der Waals surface area contributed by atoms with Gasteiger partial charge in [0.1, 0.15) is 0 Å². The molecule has 0 unspecified atom stereocenters. The van der Waals surface area contributed by atoms with Gasteiger partial charge >= 0.3 is 5.97 Å². The number of aromatic nitrogens is 1. The summed E-state index contributed by atoms with van der Waals surface area (Å²) in [7, 11) is 0. The van der Waals surface area contributed by atoms with E-state index in [0.717, 1.165) is 36.8 Å². The van der Waals surface area contributed by atoms with E-state index in [9.17, 15) is 14.7 Å². The first-order chi connectivity index (χ1) is 10.1. The molecule has 1 amide bonds. The average Bonchev–Trinajstić information content (AvgIpc) is 2.98. The Hall–Kier alpha value is -2.17. The molecule has 1 aromatic heterocycles. The number of amides is 1. The van der Waals surface area contributed by atoms with E-state index < -0.39 is 17.3 Å². The third kappa shape index (κ3) is 2.33. The summed E-state index contributed by atoms with van der Waals surface area (Å²) < 4.78 is 0. The van der Waals surface area contributed by atoms with Crippen molar-refractivity contribution in [2.24, 2.45) is 5.41 Å². The molecule has 5 heteroatoms. The lowest BCUT2D eigenvalue weighted by Gasteiger charge is -2.25. The molecule has 0 atom stereocenters. The Morgan fingerprint density at radius 2 is 1.86 bits per heavy atom. The van der Waals surface area contributed by atoms with E-state index in [2.05, 4.69) is 10.3 Å². The number of carboxylic acid groups (broad SMARTS) is 1.